The van der Waals surface area contributed by atoms with Crippen LogP contribution in [-0.4, -0.2) is 11.5 Å². The third-order valence-electron chi connectivity index (χ3n) is 11.1. The van der Waals surface area contributed by atoms with Gasteiger partial charge in [-0.3, -0.25) is 0 Å². The Morgan fingerprint density at radius 1 is 0.434 bits per heavy atom. The van der Waals surface area contributed by atoms with E-state index in [2.05, 4.69) is 150 Å². The minimum atomic E-state index is -0.320. The summed E-state index contributed by atoms with van der Waals surface area (Å²) in [5.74, 6) is 2.50. The van der Waals surface area contributed by atoms with E-state index in [-0.39, 0.29) is 6.92 Å². The monoisotopic (exact) mass is 677 g/mol. The van der Waals surface area contributed by atoms with Gasteiger partial charge < -0.3 is 18.4 Å². The maximum absolute atomic E-state index is 6.91. The second-order valence-electron chi connectivity index (χ2n) is 14.0. The standard InChI is InChI=1S/C48H28BNO3/c1-5-18-40-34(13-1)35-14-2-6-19-41(35)50(40)32-23-24-44-39(28-32)49-48-38(36-15-3-8-21-43(36)53-49)26-31(27-46(48)52-44)29-11-9-12-30(25-29)33-17-10-22-45-47(33)37-16-4-7-20-42(37)51-45/h1-28H. The van der Waals surface area contributed by atoms with Gasteiger partial charge in [-0.2, -0.15) is 0 Å². The van der Waals surface area contributed by atoms with Gasteiger partial charge in [0.2, 0.25) is 0 Å². The Bertz CT molecular complexity index is 3100. The molecule has 0 bridgehead atoms. The van der Waals surface area contributed by atoms with Gasteiger partial charge in [0.15, 0.2) is 0 Å². The zero-order valence-electron chi connectivity index (χ0n) is 28.4. The SMILES string of the molecule is c1cc(-c2cc3c4c(c2)-c2ccccc2OB4c2cc(-n4c5ccccc5c5ccccc54)ccc2O3)cc(-c2cccc3oc4ccccc4c23)c1. The van der Waals surface area contributed by atoms with Crippen molar-refractivity contribution >= 4 is 61.6 Å². The van der Waals surface area contributed by atoms with Crippen molar-refractivity contribution in [1.82, 2.24) is 4.57 Å². The van der Waals surface area contributed by atoms with Crippen LogP contribution in [0.5, 0.6) is 17.2 Å². The summed E-state index contributed by atoms with van der Waals surface area (Å²) in [6.45, 7) is -0.320. The number of nitrogens with zero attached hydrogens (tertiary/aromatic N) is 1. The number of furan rings is 1. The van der Waals surface area contributed by atoms with Gasteiger partial charge in [-0.1, -0.05) is 103 Å². The van der Waals surface area contributed by atoms with Crippen molar-refractivity contribution in [2.75, 3.05) is 0 Å². The number of benzene rings is 8. The maximum Gasteiger partial charge on any atom is 0.434 e. The van der Waals surface area contributed by atoms with Crippen LogP contribution in [-0.2, 0) is 0 Å². The zero-order valence-corrected chi connectivity index (χ0v) is 28.4. The van der Waals surface area contributed by atoms with Crippen molar-refractivity contribution in [3.05, 3.63) is 170 Å². The third kappa shape index (κ3) is 4.13. The Hall–Kier alpha value is -6.98. The molecule has 2 aliphatic heterocycles. The molecule has 0 saturated heterocycles. The van der Waals surface area contributed by atoms with Gasteiger partial charge in [-0.05, 0) is 94.5 Å². The van der Waals surface area contributed by atoms with E-state index in [1.165, 1.54) is 21.8 Å². The molecule has 53 heavy (non-hydrogen) atoms. The molecule has 12 rings (SSSR count). The molecule has 4 heterocycles. The molecule has 0 amide bonds. The summed E-state index contributed by atoms with van der Waals surface area (Å²) in [6, 6.07) is 59.9. The lowest BCUT2D eigenvalue weighted by molar-refractivity contribution is 0.479. The van der Waals surface area contributed by atoms with Gasteiger partial charge in [0.25, 0.3) is 0 Å². The number of aromatic nitrogens is 1. The lowest BCUT2D eigenvalue weighted by Gasteiger charge is -2.33. The van der Waals surface area contributed by atoms with E-state index in [4.69, 9.17) is 13.8 Å². The molecule has 0 N–H and O–H groups in total. The van der Waals surface area contributed by atoms with E-state index < -0.39 is 0 Å². The maximum atomic E-state index is 6.91. The predicted molar refractivity (Wildman–Crippen MR) is 217 cm³/mol. The third-order valence-corrected chi connectivity index (χ3v) is 11.1. The molecule has 8 aromatic carbocycles. The van der Waals surface area contributed by atoms with Gasteiger partial charge in [0.1, 0.15) is 28.4 Å². The smallest absolute Gasteiger partial charge is 0.434 e. The highest BCUT2D eigenvalue weighted by Crippen LogP contribution is 2.43. The number of para-hydroxylation sites is 4. The van der Waals surface area contributed by atoms with Crippen LogP contribution in [0, 0.1) is 0 Å². The van der Waals surface area contributed by atoms with Gasteiger partial charge in [-0.15, -0.1) is 0 Å². The number of fused-ring (bicyclic) bond motifs is 10. The Balaban J connectivity index is 1.02. The fraction of sp³-hybridized carbons (Fsp3) is 0. The summed E-state index contributed by atoms with van der Waals surface area (Å²) in [6.07, 6.45) is 0. The topological polar surface area (TPSA) is 36.5 Å². The fourth-order valence-corrected chi connectivity index (χ4v) is 8.74. The van der Waals surface area contributed by atoms with Crippen LogP contribution in [0.2, 0.25) is 0 Å². The minimum Gasteiger partial charge on any atom is -0.551 e. The first kappa shape index (κ1) is 28.7. The summed E-state index contributed by atoms with van der Waals surface area (Å²) < 4.78 is 22.3. The lowest BCUT2D eigenvalue weighted by Crippen LogP contribution is -2.53. The molecule has 0 radical (unpaired) electrons. The van der Waals surface area contributed by atoms with Gasteiger partial charge in [-0.25, -0.2) is 0 Å². The Morgan fingerprint density at radius 3 is 2.00 bits per heavy atom. The number of rotatable bonds is 3. The average Bonchev–Trinajstić information content (AvgIpc) is 3.77. The van der Waals surface area contributed by atoms with Crippen LogP contribution in [0.1, 0.15) is 0 Å². The van der Waals surface area contributed by atoms with E-state index in [0.29, 0.717) is 0 Å². The highest BCUT2D eigenvalue weighted by Gasteiger charge is 2.41. The minimum absolute atomic E-state index is 0.320. The molecule has 246 valence electrons. The molecule has 2 aliphatic rings. The van der Waals surface area contributed by atoms with Crippen molar-refractivity contribution in [3.63, 3.8) is 0 Å². The largest absolute Gasteiger partial charge is 0.551 e. The first-order valence-electron chi connectivity index (χ1n) is 18.0. The number of ether oxygens (including phenoxy) is 1. The van der Waals surface area contributed by atoms with E-state index in [0.717, 1.165) is 89.2 Å². The fourth-order valence-electron chi connectivity index (χ4n) is 8.74. The molecule has 0 unspecified atom stereocenters. The summed E-state index contributed by atoms with van der Waals surface area (Å²) in [5.41, 5.74) is 14.0. The second kappa shape index (κ2) is 10.8. The van der Waals surface area contributed by atoms with Crippen molar-refractivity contribution in [3.8, 4) is 56.3 Å². The average molecular weight is 678 g/mol. The quantitative estimate of drug-likeness (QED) is 0.175. The first-order chi connectivity index (χ1) is 26.3. The molecular weight excluding hydrogens is 649 g/mol. The normalized spacial score (nSPS) is 12.8. The molecular formula is C48H28BNO3. The molecule has 10 aromatic rings. The molecule has 0 aliphatic carbocycles. The van der Waals surface area contributed by atoms with E-state index in [1.807, 2.05) is 24.3 Å². The van der Waals surface area contributed by atoms with Gasteiger partial charge in [0, 0.05) is 43.7 Å². The van der Waals surface area contributed by atoms with Crippen molar-refractivity contribution in [1.29, 1.82) is 0 Å². The predicted octanol–water partition coefficient (Wildman–Crippen LogP) is 11.3. The van der Waals surface area contributed by atoms with Gasteiger partial charge in [0.05, 0.1) is 11.0 Å². The summed E-state index contributed by atoms with van der Waals surface area (Å²) in [7, 11) is 0. The van der Waals surface area contributed by atoms with Gasteiger partial charge >= 0.3 is 6.92 Å². The van der Waals surface area contributed by atoms with E-state index in [1.54, 1.807) is 0 Å². The summed E-state index contributed by atoms with van der Waals surface area (Å²) in [5, 5.41) is 4.73. The Morgan fingerprint density at radius 2 is 1.13 bits per heavy atom. The summed E-state index contributed by atoms with van der Waals surface area (Å²) >= 11 is 0. The number of hydrogen-bond donors (Lipinski definition) is 0. The van der Waals surface area contributed by atoms with E-state index >= 15 is 0 Å². The molecule has 0 spiro atoms. The Kier molecular flexibility index (Phi) is 5.83. The molecule has 5 heteroatoms. The molecule has 0 fully saturated rings. The summed E-state index contributed by atoms with van der Waals surface area (Å²) in [4.78, 5) is 0. The molecule has 4 nitrogen and oxygen atoms in total. The first-order valence-corrected chi connectivity index (χ1v) is 18.0. The number of hydrogen-bond acceptors (Lipinski definition) is 3. The van der Waals surface area contributed by atoms with Crippen LogP contribution in [0.25, 0.3) is 82.8 Å². The zero-order chi connectivity index (χ0) is 34.6. The molecule has 0 atom stereocenters. The van der Waals surface area contributed by atoms with Crippen molar-refractivity contribution in [2.24, 2.45) is 0 Å². The highest BCUT2D eigenvalue weighted by atomic mass is 16.5. The van der Waals surface area contributed by atoms with Crippen LogP contribution >= 0.6 is 0 Å². The molecule has 2 aromatic heterocycles. The molecule has 0 saturated carbocycles. The lowest BCUT2D eigenvalue weighted by atomic mass is 9.50. The van der Waals surface area contributed by atoms with E-state index in [9.17, 15) is 0 Å². The van der Waals surface area contributed by atoms with Crippen LogP contribution < -0.4 is 20.3 Å². The van der Waals surface area contributed by atoms with Crippen LogP contribution in [0.3, 0.4) is 0 Å². The highest BCUT2D eigenvalue weighted by molar-refractivity contribution is 6.84. The van der Waals surface area contributed by atoms with Crippen molar-refractivity contribution < 1.29 is 13.8 Å². The van der Waals surface area contributed by atoms with Crippen LogP contribution in [0.4, 0.5) is 0 Å². The Labute approximate surface area is 305 Å². The van der Waals surface area contributed by atoms with Crippen LogP contribution in [0.15, 0.2) is 174 Å². The van der Waals surface area contributed by atoms with Crippen molar-refractivity contribution in [2.45, 2.75) is 0 Å². The second-order valence-corrected chi connectivity index (χ2v) is 14.0.